The highest BCUT2D eigenvalue weighted by molar-refractivity contribution is 6.21. The zero-order valence-corrected chi connectivity index (χ0v) is 14.3. The minimum Gasteiger partial charge on any atom is -0.353 e. The third-order valence-corrected chi connectivity index (χ3v) is 4.25. The van der Waals surface area contributed by atoms with Crippen molar-refractivity contribution in [3.8, 4) is 0 Å². The third kappa shape index (κ3) is 2.84. The zero-order valence-electron chi connectivity index (χ0n) is 14.3. The summed E-state index contributed by atoms with van der Waals surface area (Å²) in [5.41, 5.74) is 1.21. The van der Waals surface area contributed by atoms with Crippen molar-refractivity contribution in [1.29, 1.82) is 0 Å². The van der Waals surface area contributed by atoms with Crippen molar-refractivity contribution in [1.82, 2.24) is 24.3 Å². The van der Waals surface area contributed by atoms with Crippen LogP contribution in [0, 0.1) is 0 Å². The van der Waals surface area contributed by atoms with Crippen LogP contribution in [0.25, 0.3) is 0 Å². The lowest BCUT2D eigenvalue weighted by molar-refractivity contribution is -0.00866. The molecule has 1 aliphatic rings. The van der Waals surface area contributed by atoms with Crippen LogP contribution in [0.15, 0.2) is 61.3 Å². The molecule has 1 aliphatic heterocycles. The molecular weight excluding hydrogens is 350 g/mol. The summed E-state index contributed by atoms with van der Waals surface area (Å²) in [6, 6.07) is 10.0. The van der Waals surface area contributed by atoms with Crippen molar-refractivity contribution in [2.75, 3.05) is 0 Å². The van der Waals surface area contributed by atoms with Crippen LogP contribution in [-0.2, 0) is 13.6 Å². The molecule has 27 heavy (non-hydrogen) atoms. The first-order chi connectivity index (χ1) is 13.1. The number of imide groups is 1. The molecule has 9 nitrogen and oxygen atoms in total. The molecule has 0 fully saturated rings. The molecule has 9 heteroatoms. The van der Waals surface area contributed by atoms with Gasteiger partial charge >= 0.3 is 6.09 Å². The monoisotopic (exact) mass is 365 g/mol. The molecule has 3 aromatic rings. The van der Waals surface area contributed by atoms with Crippen molar-refractivity contribution in [3.63, 3.8) is 0 Å². The highest BCUT2D eigenvalue weighted by atomic mass is 16.7. The molecule has 0 bridgehead atoms. The number of rotatable bonds is 4. The van der Waals surface area contributed by atoms with Gasteiger partial charge in [-0.05, 0) is 24.3 Å². The predicted octanol–water partition coefficient (Wildman–Crippen LogP) is 1.48. The lowest BCUT2D eigenvalue weighted by atomic mass is 10.1. The first kappa shape index (κ1) is 16.6. The van der Waals surface area contributed by atoms with Gasteiger partial charge in [-0.1, -0.05) is 12.1 Å². The van der Waals surface area contributed by atoms with Crippen LogP contribution < -0.4 is 4.84 Å². The summed E-state index contributed by atoms with van der Waals surface area (Å²) >= 11 is 0. The lowest BCUT2D eigenvalue weighted by Crippen LogP contribution is -2.51. The minimum absolute atomic E-state index is 0.0253. The van der Waals surface area contributed by atoms with Crippen molar-refractivity contribution < 1.29 is 19.2 Å². The number of hydrogen-bond donors (Lipinski definition) is 0. The highest BCUT2D eigenvalue weighted by Gasteiger charge is 2.42. The van der Waals surface area contributed by atoms with Crippen LogP contribution in [0.1, 0.15) is 26.4 Å². The summed E-state index contributed by atoms with van der Waals surface area (Å²) in [6.07, 6.45) is 5.08. The second-order valence-corrected chi connectivity index (χ2v) is 5.92. The van der Waals surface area contributed by atoms with Gasteiger partial charge < -0.3 is 9.40 Å². The Kier molecular flexibility index (Phi) is 3.96. The number of aryl methyl sites for hydroxylation is 1. The van der Waals surface area contributed by atoms with Gasteiger partial charge in [0.15, 0.2) is 0 Å². The van der Waals surface area contributed by atoms with E-state index in [9.17, 15) is 14.4 Å². The molecule has 4 rings (SSSR count). The molecule has 2 aromatic heterocycles. The van der Waals surface area contributed by atoms with Gasteiger partial charge in [0.2, 0.25) is 0 Å². The van der Waals surface area contributed by atoms with Gasteiger partial charge in [0.05, 0.1) is 23.9 Å². The Bertz CT molecular complexity index is 989. The van der Waals surface area contributed by atoms with E-state index < -0.39 is 17.9 Å². The van der Waals surface area contributed by atoms with E-state index in [-0.39, 0.29) is 17.7 Å². The van der Waals surface area contributed by atoms with Crippen molar-refractivity contribution in [3.05, 3.63) is 78.1 Å². The lowest BCUT2D eigenvalue weighted by Gasteiger charge is -2.28. The standard InChI is InChI=1S/C18H15N5O4/c1-20-9-4-5-13(20)11-22(18(26)27-21-10-8-19-12-21)23-16(24)14-6-2-3-7-15(14)17(23)25/h2-10,12H,11H2,1H3. The Morgan fingerprint density at radius 3 is 2.33 bits per heavy atom. The van der Waals surface area contributed by atoms with Gasteiger partial charge in [0.25, 0.3) is 11.8 Å². The molecule has 0 saturated heterocycles. The second kappa shape index (κ2) is 6.45. The maximum Gasteiger partial charge on any atom is 0.454 e. The predicted molar refractivity (Wildman–Crippen MR) is 92.1 cm³/mol. The SMILES string of the molecule is Cn1cccc1CN(C(=O)On1ccnc1)N1C(=O)c2ccccc2C1=O. The van der Waals surface area contributed by atoms with Crippen LogP contribution >= 0.6 is 0 Å². The van der Waals surface area contributed by atoms with Crippen molar-refractivity contribution in [2.24, 2.45) is 7.05 Å². The van der Waals surface area contributed by atoms with E-state index in [0.717, 1.165) is 14.7 Å². The number of aromatic nitrogens is 3. The van der Waals surface area contributed by atoms with Crippen LogP contribution in [0.4, 0.5) is 4.79 Å². The smallest absolute Gasteiger partial charge is 0.353 e. The first-order valence-electron chi connectivity index (χ1n) is 8.12. The van der Waals surface area contributed by atoms with Gasteiger partial charge in [-0.2, -0.15) is 9.74 Å². The van der Waals surface area contributed by atoms with Crippen molar-refractivity contribution in [2.45, 2.75) is 6.54 Å². The van der Waals surface area contributed by atoms with Crippen molar-refractivity contribution >= 4 is 17.9 Å². The summed E-state index contributed by atoms with van der Waals surface area (Å²) in [5, 5.41) is 1.80. The number of amides is 3. The molecule has 0 atom stereocenters. The summed E-state index contributed by atoms with van der Waals surface area (Å²) in [4.78, 5) is 47.4. The minimum atomic E-state index is -0.885. The summed E-state index contributed by atoms with van der Waals surface area (Å²) in [5.74, 6) is -1.15. The quantitative estimate of drug-likeness (QED) is 0.654. The number of fused-ring (bicyclic) bond motifs is 1. The molecule has 0 unspecified atom stereocenters. The average molecular weight is 365 g/mol. The molecule has 0 saturated carbocycles. The van der Waals surface area contributed by atoms with E-state index in [0.29, 0.717) is 5.69 Å². The number of hydrazine groups is 1. The average Bonchev–Trinajstić information content (AvgIpc) is 3.37. The van der Waals surface area contributed by atoms with Gasteiger partial charge in [-0.25, -0.2) is 14.8 Å². The van der Waals surface area contributed by atoms with Crippen LogP contribution in [0.2, 0.25) is 0 Å². The van der Waals surface area contributed by atoms with Gasteiger partial charge in [-0.15, -0.1) is 0 Å². The molecular formula is C18H15N5O4. The van der Waals surface area contributed by atoms with Gasteiger partial charge in [0.1, 0.15) is 6.33 Å². The topological polar surface area (TPSA) is 89.7 Å². The second-order valence-electron chi connectivity index (χ2n) is 5.92. The Hall–Kier alpha value is -3.88. The molecule has 136 valence electrons. The molecule has 0 N–H and O–H groups in total. The van der Waals surface area contributed by atoms with Gasteiger partial charge in [-0.3, -0.25) is 9.59 Å². The number of imidazole rings is 1. The molecule has 0 aliphatic carbocycles. The maximum absolute atomic E-state index is 12.8. The molecule has 0 radical (unpaired) electrons. The fraction of sp³-hybridized carbons (Fsp3) is 0.111. The zero-order chi connectivity index (χ0) is 19.0. The molecule has 3 heterocycles. The van der Waals surface area contributed by atoms with E-state index in [4.69, 9.17) is 4.84 Å². The van der Waals surface area contributed by atoms with Crippen LogP contribution in [-0.4, -0.2) is 42.2 Å². The Balaban J connectivity index is 1.69. The number of carbonyl (C=O) groups excluding carboxylic acids is 3. The number of benzene rings is 1. The molecule has 1 aromatic carbocycles. The van der Waals surface area contributed by atoms with Crippen LogP contribution in [0.3, 0.4) is 0 Å². The number of nitrogens with zero attached hydrogens (tertiary/aromatic N) is 5. The van der Waals surface area contributed by atoms with E-state index in [1.54, 1.807) is 54.2 Å². The van der Waals surface area contributed by atoms with E-state index >= 15 is 0 Å². The van der Waals surface area contributed by atoms with E-state index in [1.807, 2.05) is 0 Å². The highest BCUT2D eigenvalue weighted by Crippen LogP contribution is 2.25. The number of carbonyl (C=O) groups is 3. The largest absolute Gasteiger partial charge is 0.454 e. The summed E-state index contributed by atoms with van der Waals surface area (Å²) in [7, 11) is 1.80. The summed E-state index contributed by atoms with van der Waals surface area (Å²) < 4.78 is 2.88. The maximum atomic E-state index is 12.8. The fourth-order valence-corrected chi connectivity index (χ4v) is 2.87. The normalized spacial score (nSPS) is 13.0. The molecule has 0 spiro atoms. The Morgan fingerprint density at radius 1 is 1.07 bits per heavy atom. The molecule has 3 amide bonds. The number of hydrogen-bond acceptors (Lipinski definition) is 5. The third-order valence-electron chi connectivity index (χ3n) is 4.25. The first-order valence-corrected chi connectivity index (χ1v) is 8.12. The van der Waals surface area contributed by atoms with Gasteiger partial charge in [0, 0.05) is 25.1 Å². The Morgan fingerprint density at radius 2 is 1.78 bits per heavy atom. The Labute approximate surface area is 153 Å². The van der Waals surface area contributed by atoms with E-state index in [2.05, 4.69) is 4.98 Å². The summed E-state index contributed by atoms with van der Waals surface area (Å²) in [6.45, 7) is -0.0253. The fourth-order valence-electron chi connectivity index (χ4n) is 2.87. The van der Waals surface area contributed by atoms with E-state index in [1.165, 1.54) is 18.7 Å². The van der Waals surface area contributed by atoms with Crippen LogP contribution in [0.5, 0.6) is 0 Å².